The van der Waals surface area contributed by atoms with Gasteiger partial charge in [-0.3, -0.25) is 9.78 Å². The zero-order chi connectivity index (χ0) is 8.97. The average molecular weight is 239 g/mol. The van der Waals surface area contributed by atoms with Crippen molar-refractivity contribution in [2.45, 2.75) is 12.5 Å². The Labute approximate surface area is 94.3 Å². The van der Waals surface area contributed by atoms with Gasteiger partial charge in [-0.25, -0.2) is 0 Å². The van der Waals surface area contributed by atoms with E-state index in [9.17, 15) is 4.79 Å². The topological polar surface area (TPSA) is 76.2 Å². The van der Waals surface area contributed by atoms with Gasteiger partial charge in [0.2, 0.25) is 0 Å². The zero-order valence-electron chi connectivity index (χ0n) is 7.29. The molecule has 1 atom stereocenters. The number of rotatable bonds is 3. The van der Waals surface area contributed by atoms with Gasteiger partial charge in [0.25, 0.3) is 0 Å². The van der Waals surface area contributed by atoms with Gasteiger partial charge in [-0.1, -0.05) is 6.07 Å². The summed E-state index contributed by atoms with van der Waals surface area (Å²) in [7, 11) is 0. The lowest BCUT2D eigenvalue weighted by atomic mass is 10.1. The summed E-state index contributed by atoms with van der Waals surface area (Å²) in [6, 6.07) is 2.72. The molecule has 0 bridgehead atoms. The van der Waals surface area contributed by atoms with Gasteiger partial charge in [-0.05, 0) is 18.1 Å². The first-order chi connectivity index (χ1) is 5.70. The summed E-state index contributed by atoms with van der Waals surface area (Å²) in [5.74, 6) is -0.987. The van der Waals surface area contributed by atoms with Crippen LogP contribution >= 0.6 is 24.8 Å². The van der Waals surface area contributed by atoms with Crippen LogP contribution in [0.25, 0.3) is 0 Å². The van der Waals surface area contributed by atoms with Crippen molar-refractivity contribution in [2.75, 3.05) is 0 Å². The third-order valence-corrected chi connectivity index (χ3v) is 1.50. The van der Waals surface area contributed by atoms with Crippen molar-refractivity contribution in [1.82, 2.24) is 4.98 Å². The average Bonchev–Trinajstić information content (AvgIpc) is 2.06. The Bertz CT molecular complexity index is 269. The van der Waals surface area contributed by atoms with E-state index in [1.165, 1.54) is 0 Å². The number of hydrogen-bond donors (Lipinski definition) is 2. The Morgan fingerprint density at radius 1 is 1.57 bits per heavy atom. The normalized spacial score (nSPS) is 10.6. The van der Waals surface area contributed by atoms with Crippen molar-refractivity contribution in [1.29, 1.82) is 0 Å². The van der Waals surface area contributed by atoms with E-state index in [4.69, 9.17) is 10.8 Å². The molecule has 0 spiro atoms. The molecule has 0 saturated carbocycles. The molecule has 4 nitrogen and oxygen atoms in total. The van der Waals surface area contributed by atoms with Gasteiger partial charge in [0, 0.05) is 12.4 Å². The molecule has 14 heavy (non-hydrogen) atoms. The molecule has 0 radical (unpaired) electrons. The van der Waals surface area contributed by atoms with Crippen LogP contribution in [0.3, 0.4) is 0 Å². The van der Waals surface area contributed by atoms with Crippen molar-refractivity contribution in [3.63, 3.8) is 0 Å². The maximum atomic E-state index is 10.4. The largest absolute Gasteiger partial charge is 0.480 e. The minimum atomic E-state index is -0.987. The molecule has 0 fully saturated rings. The minimum absolute atomic E-state index is 0. The Balaban J connectivity index is 0. The van der Waals surface area contributed by atoms with Crippen LogP contribution in [-0.4, -0.2) is 22.1 Å². The molecule has 3 N–H and O–H groups in total. The highest BCUT2D eigenvalue weighted by atomic mass is 35.5. The van der Waals surface area contributed by atoms with E-state index in [1.54, 1.807) is 24.5 Å². The predicted molar refractivity (Wildman–Crippen MR) is 58.0 cm³/mol. The van der Waals surface area contributed by atoms with Gasteiger partial charge >= 0.3 is 5.97 Å². The summed E-state index contributed by atoms with van der Waals surface area (Å²) in [6.45, 7) is 0. The molecule has 0 aliphatic rings. The lowest BCUT2D eigenvalue weighted by Crippen LogP contribution is -2.32. The van der Waals surface area contributed by atoms with Crippen LogP contribution in [-0.2, 0) is 11.2 Å². The number of pyridine rings is 1. The molecule has 1 rings (SSSR count). The van der Waals surface area contributed by atoms with Gasteiger partial charge in [0.05, 0.1) is 0 Å². The molecule has 1 aromatic heterocycles. The highest BCUT2D eigenvalue weighted by Crippen LogP contribution is 1.99. The lowest BCUT2D eigenvalue weighted by Gasteiger charge is -2.04. The number of carboxylic acids is 1. The molecule has 0 aromatic carbocycles. The standard InChI is InChI=1S/C8H10N2O2.2ClH/c9-7(8(11)12)4-6-2-1-3-10-5-6;;/h1-3,5,7H,4,9H2,(H,11,12);2*1H/t7-;;/m1../s1. The summed E-state index contributed by atoms with van der Waals surface area (Å²) in [6.07, 6.45) is 3.57. The number of aliphatic carboxylic acids is 1. The quantitative estimate of drug-likeness (QED) is 0.820. The molecule has 0 amide bonds. The van der Waals surface area contributed by atoms with E-state index >= 15 is 0 Å². The van der Waals surface area contributed by atoms with Gasteiger partial charge < -0.3 is 10.8 Å². The third-order valence-electron chi connectivity index (χ3n) is 1.50. The summed E-state index contributed by atoms with van der Waals surface area (Å²) < 4.78 is 0. The first-order valence-corrected chi connectivity index (χ1v) is 3.57. The number of nitrogens with zero attached hydrogens (tertiary/aromatic N) is 1. The molecule has 0 aliphatic heterocycles. The second-order valence-corrected chi connectivity index (χ2v) is 2.51. The van der Waals surface area contributed by atoms with Crippen LogP contribution in [0.2, 0.25) is 0 Å². The van der Waals surface area contributed by atoms with Crippen molar-refractivity contribution in [3.05, 3.63) is 30.1 Å². The maximum Gasteiger partial charge on any atom is 0.320 e. The Morgan fingerprint density at radius 3 is 2.64 bits per heavy atom. The number of carbonyl (C=O) groups is 1. The molecule has 80 valence electrons. The van der Waals surface area contributed by atoms with Crippen LogP contribution in [0.5, 0.6) is 0 Å². The van der Waals surface area contributed by atoms with Crippen LogP contribution in [0.15, 0.2) is 24.5 Å². The van der Waals surface area contributed by atoms with E-state index in [2.05, 4.69) is 4.98 Å². The number of carboxylic acid groups (broad SMARTS) is 1. The second kappa shape index (κ2) is 7.55. The Hall–Kier alpha value is -0.840. The van der Waals surface area contributed by atoms with E-state index in [1.807, 2.05) is 0 Å². The van der Waals surface area contributed by atoms with Gasteiger partial charge in [0.1, 0.15) is 6.04 Å². The third kappa shape index (κ3) is 5.01. The summed E-state index contributed by atoms with van der Waals surface area (Å²) >= 11 is 0. The van der Waals surface area contributed by atoms with Crippen molar-refractivity contribution < 1.29 is 9.90 Å². The van der Waals surface area contributed by atoms with Gasteiger partial charge in [0.15, 0.2) is 0 Å². The SMILES string of the molecule is Cl.Cl.N[C@H](Cc1cccnc1)C(=O)O. The van der Waals surface area contributed by atoms with E-state index in [-0.39, 0.29) is 24.8 Å². The number of hydrogen-bond acceptors (Lipinski definition) is 3. The summed E-state index contributed by atoms with van der Waals surface area (Å²) in [4.78, 5) is 14.2. The lowest BCUT2D eigenvalue weighted by molar-refractivity contribution is -0.138. The van der Waals surface area contributed by atoms with Gasteiger partial charge in [-0.15, -0.1) is 24.8 Å². The van der Waals surface area contributed by atoms with Gasteiger partial charge in [-0.2, -0.15) is 0 Å². The van der Waals surface area contributed by atoms with Crippen LogP contribution < -0.4 is 5.73 Å². The second-order valence-electron chi connectivity index (χ2n) is 2.51. The van der Waals surface area contributed by atoms with Crippen LogP contribution in [0.1, 0.15) is 5.56 Å². The fourth-order valence-corrected chi connectivity index (χ4v) is 0.860. The minimum Gasteiger partial charge on any atom is -0.480 e. The van der Waals surface area contributed by atoms with Crippen molar-refractivity contribution in [3.8, 4) is 0 Å². The van der Waals surface area contributed by atoms with E-state index in [0.717, 1.165) is 5.56 Å². The molecule has 1 aromatic rings. The fourth-order valence-electron chi connectivity index (χ4n) is 0.860. The molecule has 1 heterocycles. The van der Waals surface area contributed by atoms with Crippen molar-refractivity contribution >= 4 is 30.8 Å². The molecular weight excluding hydrogens is 227 g/mol. The molecule has 0 aliphatic carbocycles. The molecule has 6 heteroatoms. The molecule has 0 unspecified atom stereocenters. The fraction of sp³-hybridized carbons (Fsp3) is 0.250. The van der Waals surface area contributed by atoms with Crippen molar-refractivity contribution in [2.24, 2.45) is 5.73 Å². The number of aromatic nitrogens is 1. The monoisotopic (exact) mass is 238 g/mol. The maximum absolute atomic E-state index is 10.4. The smallest absolute Gasteiger partial charge is 0.320 e. The Morgan fingerprint density at radius 2 is 2.21 bits per heavy atom. The Kier molecular flexibility index (Phi) is 8.43. The number of halogens is 2. The summed E-state index contributed by atoms with van der Waals surface area (Å²) in [5.41, 5.74) is 6.16. The first-order valence-electron chi connectivity index (χ1n) is 3.57. The van der Waals surface area contributed by atoms with E-state index < -0.39 is 12.0 Å². The first kappa shape index (κ1) is 15.6. The zero-order valence-corrected chi connectivity index (χ0v) is 8.92. The highest BCUT2D eigenvalue weighted by molar-refractivity contribution is 5.85. The van der Waals surface area contributed by atoms with E-state index in [0.29, 0.717) is 6.42 Å². The molecule has 0 saturated heterocycles. The molecular formula is C8H12Cl2N2O2. The van der Waals surface area contributed by atoms with Crippen LogP contribution in [0, 0.1) is 0 Å². The van der Waals surface area contributed by atoms with Crippen LogP contribution in [0.4, 0.5) is 0 Å². The summed E-state index contributed by atoms with van der Waals surface area (Å²) in [5, 5.41) is 8.50. The number of nitrogens with two attached hydrogens (primary N) is 1. The predicted octanol–water partition coefficient (Wildman–Crippen LogP) is 0.880. The highest BCUT2D eigenvalue weighted by Gasteiger charge is 2.11.